The van der Waals surface area contributed by atoms with Crippen LogP contribution in [0.2, 0.25) is 0 Å². The van der Waals surface area contributed by atoms with E-state index >= 15 is 0 Å². The van der Waals surface area contributed by atoms with Crippen molar-refractivity contribution in [3.05, 3.63) is 52.6 Å². The summed E-state index contributed by atoms with van der Waals surface area (Å²) in [5, 5.41) is 7.57. The lowest BCUT2D eigenvalue weighted by Gasteiger charge is -2.37. The van der Waals surface area contributed by atoms with Crippen LogP contribution in [0.4, 0.5) is 4.39 Å². The second-order valence-electron chi connectivity index (χ2n) is 7.53. The van der Waals surface area contributed by atoms with Crippen LogP contribution in [-0.2, 0) is 28.4 Å². The zero-order valence-corrected chi connectivity index (χ0v) is 18.6. The van der Waals surface area contributed by atoms with Crippen molar-refractivity contribution in [1.29, 1.82) is 0 Å². The first-order chi connectivity index (χ1) is 12.8. The molecular weight excluding hydrogens is 425 g/mol. The van der Waals surface area contributed by atoms with Gasteiger partial charge < -0.3 is 10.1 Å². The van der Waals surface area contributed by atoms with Crippen molar-refractivity contribution in [2.45, 2.75) is 51.5 Å². The number of hydrogen-bond donors (Lipinski definition) is 1. The van der Waals surface area contributed by atoms with Crippen molar-refractivity contribution in [3.8, 4) is 0 Å². The van der Waals surface area contributed by atoms with Gasteiger partial charge in [-0.1, -0.05) is 18.2 Å². The van der Waals surface area contributed by atoms with E-state index in [1.165, 1.54) is 6.07 Å². The summed E-state index contributed by atoms with van der Waals surface area (Å²) in [4.78, 5) is 13.3. The van der Waals surface area contributed by atoms with Gasteiger partial charge >= 0.3 is 0 Å². The summed E-state index contributed by atoms with van der Waals surface area (Å²) >= 11 is 0. The number of halogens is 2. The Morgan fingerprint density at radius 1 is 1.32 bits per heavy atom. The third-order valence-corrected chi connectivity index (χ3v) is 5.72. The Kier molecular flexibility index (Phi) is 7.39. The predicted octanol–water partition coefficient (Wildman–Crippen LogP) is 3.55. The fourth-order valence-electron chi connectivity index (χ4n) is 4.02. The van der Waals surface area contributed by atoms with Crippen LogP contribution in [0.15, 0.2) is 24.3 Å². The topological polar surface area (TPSA) is 56.2 Å². The Hall–Kier alpha value is -1.73. The van der Waals surface area contributed by atoms with Gasteiger partial charge in [0.25, 0.3) is 0 Å². The minimum absolute atomic E-state index is 0. The van der Waals surface area contributed by atoms with E-state index in [1.807, 2.05) is 32.5 Å². The molecule has 154 valence electrons. The van der Waals surface area contributed by atoms with Gasteiger partial charge in [-0.3, -0.25) is 9.48 Å². The first kappa shape index (κ1) is 22.6. The lowest BCUT2D eigenvalue weighted by Crippen LogP contribution is -2.51. The summed E-state index contributed by atoms with van der Waals surface area (Å²) in [5.41, 5.74) is 2.81. The largest absolute Gasteiger partial charge is 0.381 e. The number of aryl methyl sites for hydroxylation is 2. The molecule has 0 spiro atoms. The Morgan fingerprint density at radius 3 is 2.54 bits per heavy atom. The van der Waals surface area contributed by atoms with E-state index < -0.39 is 5.41 Å². The average Bonchev–Trinajstić information content (AvgIpc) is 2.88. The highest BCUT2D eigenvalue weighted by Crippen LogP contribution is 2.36. The number of ether oxygens (including phenoxy) is 1. The summed E-state index contributed by atoms with van der Waals surface area (Å²) in [6, 6.07) is 6.51. The van der Waals surface area contributed by atoms with Crippen molar-refractivity contribution >= 4 is 22.9 Å². The SMILES string of the molecule is Br.Cc1nn(C)c(C)c1CC(C)NC(=O)C1(c2ccccc2F)CCOCC1. The van der Waals surface area contributed by atoms with Crippen LogP contribution in [0.1, 0.15) is 42.3 Å². The fraction of sp³-hybridized carbons (Fsp3) is 0.524. The number of rotatable bonds is 5. The van der Waals surface area contributed by atoms with Crippen molar-refractivity contribution in [2.24, 2.45) is 7.05 Å². The summed E-state index contributed by atoms with van der Waals surface area (Å²) in [5.74, 6) is -0.455. The molecule has 1 aliphatic rings. The number of nitrogens with zero attached hydrogens (tertiary/aromatic N) is 2. The lowest BCUT2D eigenvalue weighted by molar-refractivity contribution is -0.131. The first-order valence-electron chi connectivity index (χ1n) is 9.48. The maximum atomic E-state index is 14.5. The van der Waals surface area contributed by atoms with Crippen LogP contribution in [0, 0.1) is 19.7 Å². The molecule has 28 heavy (non-hydrogen) atoms. The molecule has 1 saturated heterocycles. The Bertz CT molecular complexity index is 831. The number of carbonyl (C=O) groups excluding carboxylic acids is 1. The maximum Gasteiger partial charge on any atom is 0.231 e. The third kappa shape index (κ3) is 4.30. The molecule has 1 aliphatic heterocycles. The number of amides is 1. The van der Waals surface area contributed by atoms with E-state index in [2.05, 4.69) is 10.4 Å². The van der Waals surface area contributed by atoms with Gasteiger partial charge in [-0.05, 0) is 51.7 Å². The highest BCUT2D eigenvalue weighted by atomic mass is 79.9. The van der Waals surface area contributed by atoms with Gasteiger partial charge in [0.2, 0.25) is 5.91 Å². The Morgan fingerprint density at radius 2 is 1.96 bits per heavy atom. The summed E-state index contributed by atoms with van der Waals surface area (Å²) in [6.07, 6.45) is 1.66. The van der Waals surface area contributed by atoms with Crippen LogP contribution in [0.5, 0.6) is 0 Å². The molecule has 1 atom stereocenters. The molecule has 1 N–H and O–H groups in total. The van der Waals surface area contributed by atoms with Crippen LogP contribution in [0.25, 0.3) is 0 Å². The van der Waals surface area contributed by atoms with E-state index in [-0.39, 0.29) is 34.7 Å². The van der Waals surface area contributed by atoms with Crippen LogP contribution >= 0.6 is 17.0 Å². The summed E-state index contributed by atoms with van der Waals surface area (Å²) < 4.78 is 21.9. The van der Waals surface area contributed by atoms with E-state index in [0.29, 0.717) is 38.0 Å². The zero-order valence-electron chi connectivity index (χ0n) is 16.9. The molecule has 1 aromatic carbocycles. The minimum Gasteiger partial charge on any atom is -0.381 e. The van der Waals surface area contributed by atoms with Gasteiger partial charge in [0.05, 0.1) is 11.1 Å². The molecular formula is C21H29BrFN3O2. The third-order valence-electron chi connectivity index (χ3n) is 5.72. The number of benzene rings is 1. The van der Waals surface area contributed by atoms with Crippen LogP contribution in [0.3, 0.4) is 0 Å². The molecule has 2 aromatic rings. The molecule has 7 heteroatoms. The molecule has 5 nitrogen and oxygen atoms in total. The number of hydrogen-bond acceptors (Lipinski definition) is 3. The van der Waals surface area contributed by atoms with Crippen molar-refractivity contribution < 1.29 is 13.9 Å². The molecule has 0 aliphatic carbocycles. The van der Waals surface area contributed by atoms with E-state index in [0.717, 1.165) is 17.0 Å². The van der Waals surface area contributed by atoms with Crippen molar-refractivity contribution in [1.82, 2.24) is 15.1 Å². The van der Waals surface area contributed by atoms with Gasteiger partial charge in [-0.2, -0.15) is 5.10 Å². The predicted molar refractivity (Wildman–Crippen MR) is 112 cm³/mol. The second kappa shape index (κ2) is 9.18. The highest BCUT2D eigenvalue weighted by Gasteiger charge is 2.43. The number of aromatic nitrogens is 2. The molecule has 1 amide bonds. The monoisotopic (exact) mass is 453 g/mol. The van der Waals surface area contributed by atoms with Gasteiger partial charge in [-0.25, -0.2) is 4.39 Å². The molecule has 1 unspecified atom stereocenters. The van der Waals surface area contributed by atoms with Crippen molar-refractivity contribution in [2.75, 3.05) is 13.2 Å². The molecule has 1 fully saturated rings. The molecule has 0 bridgehead atoms. The quantitative estimate of drug-likeness (QED) is 0.752. The van der Waals surface area contributed by atoms with Gasteiger partial charge in [0.15, 0.2) is 0 Å². The molecule has 1 aromatic heterocycles. The van der Waals surface area contributed by atoms with Gasteiger partial charge in [0.1, 0.15) is 5.82 Å². The van der Waals surface area contributed by atoms with Gasteiger partial charge in [-0.15, -0.1) is 17.0 Å². The minimum atomic E-state index is -0.878. The fourth-order valence-corrected chi connectivity index (χ4v) is 4.02. The normalized spacial score (nSPS) is 16.9. The van der Waals surface area contributed by atoms with E-state index in [1.54, 1.807) is 18.2 Å². The Labute approximate surface area is 176 Å². The number of carbonyl (C=O) groups is 1. The molecule has 0 saturated carbocycles. The lowest BCUT2D eigenvalue weighted by atomic mass is 9.73. The number of nitrogens with one attached hydrogen (secondary N) is 1. The summed E-state index contributed by atoms with van der Waals surface area (Å²) in [6.45, 7) is 6.91. The second-order valence-corrected chi connectivity index (χ2v) is 7.53. The molecule has 0 radical (unpaired) electrons. The summed E-state index contributed by atoms with van der Waals surface area (Å²) in [7, 11) is 1.92. The smallest absolute Gasteiger partial charge is 0.231 e. The van der Waals surface area contributed by atoms with Crippen LogP contribution in [-0.4, -0.2) is 34.9 Å². The van der Waals surface area contributed by atoms with Gasteiger partial charge in [0, 0.05) is 37.6 Å². The van der Waals surface area contributed by atoms with Crippen LogP contribution < -0.4 is 5.32 Å². The average molecular weight is 454 g/mol. The maximum absolute atomic E-state index is 14.5. The van der Waals surface area contributed by atoms with E-state index in [4.69, 9.17) is 4.74 Å². The molecule has 3 rings (SSSR count). The Balaban J connectivity index is 0.00000280. The standard InChI is InChI=1S/C21H28FN3O2.BrH/c1-14(13-17-15(2)24-25(4)16(17)3)23-20(26)21(9-11-27-12-10-21)18-7-5-6-8-19(18)22;/h5-8,14H,9-13H2,1-4H3,(H,23,26);1H. The molecule has 2 heterocycles. The first-order valence-corrected chi connectivity index (χ1v) is 9.48. The zero-order chi connectivity index (χ0) is 19.6. The highest BCUT2D eigenvalue weighted by molar-refractivity contribution is 8.93. The van der Waals surface area contributed by atoms with E-state index in [9.17, 15) is 9.18 Å². The van der Waals surface area contributed by atoms with Crippen molar-refractivity contribution in [3.63, 3.8) is 0 Å².